The van der Waals surface area contributed by atoms with Crippen LogP contribution in [0.15, 0.2) is 27.3 Å². The van der Waals surface area contributed by atoms with Crippen molar-refractivity contribution >= 4 is 33.9 Å². The van der Waals surface area contributed by atoms with Crippen LogP contribution in [-0.4, -0.2) is 34.2 Å². The molecule has 0 aliphatic rings. The van der Waals surface area contributed by atoms with Gasteiger partial charge in [-0.25, -0.2) is 4.79 Å². The van der Waals surface area contributed by atoms with E-state index in [2.05, 4.69) is 21.2 Å². The normalized spacial score (nSPS) is 14.4. The number of carbonyl (C=O) groups excluding carboxylic acids is 1. The van der Waals surface area contributed by atoms with Gasteiger partial charge in [0.05, 0.1) is 6.10 Å². The van der Waals surface area contributed by atoms with Gasteiger partial charge in [-0.05, 0) is 41.1 Å². The Morgan fingerprint density at radius 2 is 2.17 bits per heavy atom. The van der Waals surface area contributed by atoms with E-state index in [1.807, 2.05) is 0 Å². The maximum Gasteiger partial charge on any atom is 0.328 e. The summed E-state index contributed by atoms with van der Waals surface area (Å²) in [5.74, 6) is -1.48. The number of carboxylic acids is 1. The Morgan fingerprint density at radius 1 is 1.50 bits per heavy atom. The molecule has 3 N–H and O–H groups in total. The first kappa shape index (κ1) is 14.5. The van der Waals surface area contributed by atoms with E-state index in [1.165, 1.54) is 13.0 Å². The van der Waals surface area contributed by atoms with E-state index in [-0.39, 0.29) is 0 Å². The minimum Gasteiger partial charge on any atom is -0.480 e. The van der Waals surface area contributed by atoms with Gasteiger partial charge in [-0.2, -0.15) is 0 Å². The zero-order valence-electron chi connectivity index (χ0n) is 9.46. The van der Waals surface area contributed by atoms with Crippen LogP contribution in [0.3, 0.4) is 0 Å². The molecule has 1 amide bonds. The summed E-state index contributed by atoms with van der Waals surface area (Å²) in [7, 11) is 0. The molecule has 0 aliphatic heterocycles. The van der Waals surface area contributed by atoms with Crippen LogP contribution in [0, 0.1) is 0 Å². The first-order chi connectivity index (χ1) is 8.40. The number of hydrogen-bond acceptors (Lipinski definition) is 4. The van der Waals surface area contributed by atoms with Gasteiger partial charge in [0.2, 0.25) is 5.91 Å². The summed E-state index contributed by atoms with van der Waals surface area (Å²) in [5.41, 5.74) is 0. The molecule has 0 aromatic carbocycles. The van der Waals surface area contributed by atoms with Crippen molar-refractivity contribution in [1.82, 2.24) is 5.32 Å². The van der Waals surface area contributed by atoms with E-state index in [1.54, 1.807) is 12.1 Å². The average Bonchev–Trinajstić information content (AvgIpc) is 2.68. The summed E-state index contributed by atoms with van der Waals surface area (Å²) in [6, 6.07) is 1.95. The summed E-state index contributed by atoms with van der Waals surface area (Å²) in [4.78, 5) is 22.1. The molecule has 0 unspecified atom stereocenters. The predicted molar refractivity (Wildman–Crippen MR) is 66.7 cm³/mol. The fraction of sp³-hybridized carbons (Fsp3) is 0.273. The van der Waals surface area contributed by atoms with E-state index in [9.17, 15) is 14.7 Å². The van der Waals surface area contributed by atoms with Gasteiger partial charge in [0.25, 0.3) is 0 Å². The van der Waals surface area contributed by atoms with Gasteiger partial charge < -0.3 is 19.9 Å². The third kappa shape index (κ3) is 4.34. The van der Waals surface area contributed by atoms with Crippen molar-refractivity contribution in [1.29, 1.82) is 0 Å². The number of halogens is 1. The second-order valence-electron chi connectivity index (χ2n) is 3.54. The molecule has 2 atom stereocenters. The lowest BCUT2D eigenvalue weighted by molar-refractivity contribution is -0.144. The molecular formula is C11H12BrNO5. The number of hydrogen-bond donors (Lipinski definition) is 3. The molecule has 0 bridgehead atoms. The molecule has 1 rings (SSSR count). The number of aliphatic carboxylic acids is 1. The Kier molecular flexibility index (Phi) is 5.11. The van der Waals surface area contributed by atoms with Crippen LogP contribution in [0.1, 0.15) is 12.7 Å². The molecule has 1 heterocycles. The van der Waals surface area contributed by atoms with Crippen LogP contribution in [-0.2, 0) is 9.59 Å². The minimum absolute atomic E-state index is 0.445. The number of carbonyl (C=O) groups is 2. The molecule has 1 aromatic heterocycles. The summed E-state index contributed by atoms with van der Waals surface area (Å²) in [6.45, 7) is 1.28. The summed E-state index contributed by atoms with van der Waals surface area (Å²) >= 11 is 3.11. The maximum atomic E-state index is 11.4. The lowest BCUT2D eigenvalue weighted by atomic mass is 10.2. The van der Waals surface area contributed by atoms with Crippen LogP contribution in [0.25, 0.3) is 6.08 Å². The predicted octanol–water partition coefficient (Wildman–Crippen LogP) is 1.01. The van der Waals surface area contributed by atoms with Crippen molar-refractivity contribution in [2.24, 2.45) is 0 Å². The Morgan fingerprint density at radius 3 is 2.61 bits per heavy atom. The highest BCUT2D eigenvalue weighted by atomic mass is 79.9. The molecule has 1 aromatic rings. The SMILES string of the molecule is C[C@@H](O)[C@H](NC(=O)/C=C/c1ccc(Br)o1)C(=O)O. The molecule has 98 valence electrons. The number of aliphatic hydroxyl groups excluding tert-OH is 1. The molecule has 0 radical (unpaired) electrons. The number of aliphatic hydroxyl groups is 1. The molecule has 0 spiro atoms. The largest absolute Gasteiger partial charge is 0.480 e. The van der Waals surface area contributed by atoms with Crippen LogP contribution < -0.4 is 5.32 Å². The maximum absolute atomic E-state index is 11.4. The number of rotatable bonds is 5. The Balaban J connectivity index is 2.60. The quantitative estimate of drug-likeness (QED) is 0.704. The highest BCUT2D eigenvalue weighted by Gasteiger charge is 2.23. The second-order valence-corrected chi connectivity index (χ2v) is 4.32. The molecule has 6 nitrogen and oxygen atoms in total. The van der Waals surface area contributed by atoms with Crippen molar-refractivity contribution < 1.29 is 24.2 Å². The lowest BCUT2D eigenvalue weighted by Gasteiger charge is -2.15. The van der Waals surface area contributed by atoms with E-state index >= 15 is 0 Å². The number of carboxylic acid groups (broad SMARTS) is 1. The summed E-state index contributed by atoms with van der Waals surface area (Å²) in [5, 5.41) is 20.1. The van der Waals surface area contributed by atoms with Gasteiger partial charge in [-0.3, -0.25) is 4.79 Å². The van der Waals surface area contributed by atoms with Crippen LogP contribution in [0.4, 0.5) is 0 Å². The molecule has 0 saturated heterocycles. The fourth-order valence-corrected chi connectivity index (χ4v) is 1.48. The van der Waals surface area contributed by atoms with E-state index in [0.29, 0.717) is 10.4 Å². The van der Waals surface area contributed by atoms with Gasteiger partial charge in [0, 0.05) is 6.08 Å². The molecule has 0 saturated carbocycles. The van der Waals surface area contributed by atoms with Crippen molar-refractivity contribution in [2.75, 3.05) is 0 Å². The van der Waals surface area contributed by atoms with Gasteiger partial charge in [-0.1, -0.05) is 0 Å². The van der Waals surface area contributed by atoms with E-state index in [4.69, 9.17) is 9.52 Å². The smallest absolute Gasteiger partial charge is 0.328 e. The molecular weight excluding hydrogens is 306 g/mol. The van der Waals surface area contributed by atoms with Crippen molar-refractivity contribution in [3.05, 3.63) is 28.6 Å². The highest BCUT2D eigenvalue weighted by molar-refractivity contribution is 9.10. The van der Waals surface area contributed by atoms with Gasteiger partial charge in [0.1, 0.15) is 5.76 Å². The molecule has 18 heavy (non-hydrogen) atoms. The Hall–Kier alpha value is -1.60. The lowest BCUT2D eigenvalue weighted by Crippen LogP contribution is -2.47. The zero-order chi connectivity index (χ0) is 13.7. The Bertz CT molecular complexity index is 466. The van der Waals surface area contributed by atoms with E-state index in [0.717, 1.165) is 6.08 Å². The monoisotopic (exact) mass is 317 g/mol. The van der Waals surface area contributed by atoms with E-state index < -0.39 is 24.0 Å². The third-order valence-corrected chi connectivity index (χ3v) is 2.47. The topological polar surface area (TPSA) is 99.8 Å². The first-order valence-corrected chi connectivity index (χ1v) is 5.84. The third-order valence-electron chi connectivity index (χ3n) is 2.04. The van der Waals surface area contributed by atoms with Gasteiger partial charge in [0.15, 0.2) is 10.7 Å². The number of amides is 1. The molecule has 0 fully saturated rings. The van der Waals surface area contributed by atoms with Gasteiger partial charge >= 0.3 is 5.97 Å². The summed E-state index contributed by atoms with van der Waals surface area (Å²) in [6.07, 6.45) is 1.34. The standard InChI is InChI=1S/C11H12BrNO5/c1-6(14)10(11(16)17)13-9(15)5-3-7-2-4-8(12)18-7/h2-6,10,14H,1H3,(H,13,15)(H,16,17)/b5-3+/t6-,10+/m1/s1. The van der Waals surface area contributed by atoms with Crippen molar-refractivity contribution in [2.45, 2.75) is 19.1 Å². The van der Waals surface area contributed by atoms with Crippen LogP contribution in [0.2, 0.25) is 0 Å². The van der Waals surface area contributed by atoms with Crippen LogP contribution in [0.5, 0.6) is 0 Å². The summed E-state index contributed by atoms with van der Waals surface area (Å²) < 4.78 is 5.64. The zero-order valence-corrected chi connectivity index (χ0v) is 11.0. The molecule has 0 aliphatic carbocycles. The van der Waals surface area contributed by atoms with Crippen molar-refractivity contribution in [3.8, 4) is 0 Å². The highest BCUT2D eigenvalue weighted by Crippen LogP contribution is 2.14. The van der Waals surface area contributed by atoms with Crippen molar-refractivity contribution in [3.63, 3.8) is 0 Å². The Labute approximate surface area is 111 Å². The first-order valence-electron chi connectivity index (χ1n) is 5.05. The number of furan rings is 1. The second kappa shape index (κ2) is 6.36. The molecule has 7 heteroatoms. The number of nitrogens with one attached hydrogen (secondary N) is 1. The van der Waals surface area contributed by atoms with Crippen LogP contribution >= 0.6 is 15.9 Å². The van der Waals surface area contributed by atoms with Gasteiger partial charge in [-0.15, -0.1) is 0 Å². The average molecular weight is 318 g/mol. The minimum atomic E-state index is -1.34. The fourth-order valence-electron chi connectivity index (χ4n) is 1.17.